The fourth-order valence-electron chi connectivity index (χ4n) is 3.64. The lowest BCUT2D eigenvalue weighted by molar-refractivity contribution is -0.121. The van der Waals surface area contributed by atoms with Crippen LogP contribution >= 0.6 is 0 Å². The van der Waals surface area contributed by atoms with Crippen molar-refractivity contribution in [2.75, 3.05) is 18.0 Å². The van der Waals surface area contributed by atoms with Crippen molar-refractivity contribution in [3.63, 3.8) is 0 Å². The van der Waals surface area contributed by atoms with Crippen molar-refractivity contribution in [2.45, 2.75) is 32.1 Å². The molecule has 1 aliphatic carbocycles. The summed E-state index contributed by atoms with van der Waals surface area (Å²) in [6.45, 7) is 2.34. The Kier molecular flexibility index (Phi) is 2.76. The molecule has 2 aliphatic heterocycles. The summed E-state index contributed by atoms with van der Waals surface area (Å²) >= 11 is 0. The Balaban J connectivity index is 1.65. The van der Waals surface area contributed by atoms with Gasteiger partial charge in [-0.1, -0.05) is 6.07 Å². The Hall–Kier alpha value is -1.84. The van der Waals surface area contributed by atoms with E-state index < -0.39 is 0 Å². The average Bonchev–Trinajstić information content (AvgIpc) is 2.84. The van der Waals surface area contributed by atoms with Crippen molar-refractivity contribution >= 4 is 17.3 Å². The number of benzene rings is 1. The molecule has 1 aromatic rings. The standard InChI is InChI=1S/C16H19N3O/c20-15-10-12-8-11-9-13(19-6-2-1-3-7-19)4-5-14(11)16(12)18-17-15/h4-5,9,12H,1-3,6-8,10H2,(H,17,20). The number of nitrogens with zero attached hydrogens (tertiary/aromatic N) is 2. The van der Waals surface area contributed by atoms with Crippen LogP contribution in [0, 0.1) is 5.92 Å². The lowest BCUT2D eigenvalue weighted by atomic mass is 9.99. The first-order valence-corrected chi connectivity index (χ1v) is 7.56. The summed E-state index contributed by atoms with van der Waals surface area (Å²) in [5, 5.41) is 4.26. The van der Waals surface area contributed by atoms with E-state index in [1.165, 1.54) is 49.2 Å². The van der Waals surface area contributed by atoms with E-state index in [0.717, 1.165) is 12.1 Å². The van der Waals surface area contributed by atoms with Gasteiger partial charge >= 0.3 is 0 Å². The summed E-state index contributed by atoms with van der Waals surface area (Å²) in [7, 11) is 0. The first kappa shape index (κ1) is 11.9. The van der Waals surface area contributed by atoms with Gasteiger partial charge in [0, 0.05) is 36.7 Å². The summed E-state index contributed by atoms with van der Waals surface area (Å²) < 4.78 is 0. The Morgan fingerprint density at radius 1 is 1.15 bits per heavy atom. The molecule has 4 heteroatoms. The molecule has 0 saturated carbocycles. The van der Waals surface area contributed by atoms with Gasteiger partial charge in [0.2, 0.25) is 5.91 Å². The van der Waals surface area contributed by atoms with E-state index in [4.69, 9.17) is 0 Å². The molecule has 0 spiro atoms. The highest BCUT2D eigenvalue weighted by molar-refractivity contribution is 6.09. The molecule has 1 amide bonds. The number of hydrogen-bond acceptors (Lipinski definition) is 3. The van der Waals surface area contributed by atoms with Gasteiger partial charge < -0.3 is 4.90 Å². The number of fused-ring (bicyclic) bond motifs is 3. The zero-order valence-corrected chi connectivity index (χ0v) is 11.6. The highest BCUT2D eigenvalue weighted by atomic mass is 16.2. The molecule has 104 valence electrons. The number of carbonyl (C=O) groups is 1. The van der Waals surface area contributed by atoms with Gasteiger partial charge in [-0.3, -0.25) is 4.79 Å². The monoisotopic (exact) mass is 269 g/mol. The summed E-state index contributed by atoms with van der Waals surface area (Å²) in [6, 6.07) is 6.72. The lowest BCUT2D eigenvalue weighted by Gasteiger charge is -2.29. The van der Waals surface area contributed by atoms with Crippen molar-refractivity contribution < 1.29 is 4.79 Å². The Bertz CT molecular complexity index is 587. The molecule has 1 aromatic carbocycles. The second-order valence-corrected chi connectivity index (χ2v) is 6.03. The molecule has 4 nitrogen and oxygen atoms in total. The second-order valence-electron chi connectivity index (χ2n) is 6.03. The van der Waals surface area contributed by atoms with Crippen molar-refractivity contribution in [3.05, 3.63) is 29.3 Å². The van der Waals surface area contributed by atoms with Crippen molar-refractivity contribution in [2.24, 2.45) is 11.0 Å². The molecule has 2 heterocycles. The van der Waals surface area contributed by atoms with Crippen LogP contribution < -0.4 is 10.3 Å². The summed E-state index contributed by atoms with van der Waals surface area (Å²) in [5.74, 6) is 0.332. The minimum atomic E-state index is 0.0443. The molecule has 1 unspecified atom stereocenters. The van der Waals surface area contributed by atoms with Crippen LogP contribution in [0.3, 0.4) is 0 Å². The third-order valence-electron chi connectivity index (χ3n) is 4.67. The molecular formula is C16H19N3O. The van der Waals surface area contributed by atoms with Gasteiger partial charge in [-0.05, 0) is 43.4 Å². The number of piperidine rings is 1. The lowest BCUT2D eigenvalue weighted by Crippen LogP contribution is -2.31. The van der Waals surface area contributed by atoms with E-state index in [2.05, 4.69) is 33.6 Å². The molecule has 20 heavy (non-hydrogen) atoms. The maximum Gasteiger partial charge on any atom is 0.240 e. The molecular weight excluding hydrogens is 250 g/mol. The van der Waals surface area contributed by atoms with Gasteiger partial charge in [-0.25, -0.2) is 5.43 Å². The van der Waals surface area contributed by atoms with Crippen LogP contribution in [0.25, 0.3) is 0 Å². The molecule has 1 saturated heterocycles. The third-order valence-corrected chi connectivity index (χ3v) is 4.67. The normalized spacial score (nSPS) is 24.8. The SMILES string of the molecule is O=C1CC2Cc3cc(N4CCCCC4)ccc3C2=NN1. The number of hydrogen-bond donors (Lipinski definition) is 1. The largest absolute Gasteiger partial charge is 0.372 e. The van der Waals surface area contributed by atoms with Gasteiger partial charge in [0.05, 0.1) is 5.71 Å². The molecule has 1 atom stereocenters. The van der Waals surface area contributed by atoms with Gasteiger partial charge in [-0.2, -0.15) is 5.10 Å². The van der Waals surface area contributed by atoms with E-state index in [9.17, 15) is 4.79 Å². The van der Waals surface area contributed by atoms with Crippen LogP contribution in [0.1, 0.15) is 36.8 Å². The minimum Gasteiger partial charge on any atom is -0.372 e. The molecule has 3 aliphatic rings. The number of carbonyl (C=O) groups excluding carboxylic acids is 1. The molecule has 0 bridgehead atoms. The van der Waals surface area contributed by atoms with E-state index in [1.807, 2.05) is 0 Å². The van der Waals surface area contributed by atoms with E-state index in [-0.39, 0.29) is 11.8 Å². The number of anilines is 1. The van der Waals surface area contributed by atoms with Gasteiger partial charge in [0.25, 0.3) is 0 Å². The molecule has 0 radical (unpaired) electrons. The summed E-state index contributed by atoms with van der Waals surface area (Å²) in [6.07, 6.45) is 5.49. The fourth-order valence-corrected chi connectivity index (χ4v) is 3.64. The summed E-state index contributed by atoms with van der Waals surface area (Å²) in [5.41, 5.74) is 7.61. The smallest absolute Gasteiger partial charge is 0.240 e. The molecule has 1 fully saturated rings. The number of rotatable bonds is 1. The van der Waals surface area contributed by atoms with Crippen LogP contribution in [0.5, 0.6) is 0 Å². The maximum absolute atomic E-state index is 11.4. The topological polar surface area (TPSA) is 44.7 Å². The van der Waals surface area contributed by atoms with E-state index in [1.54, 1.807) is 0 Å². The fraction of sp³-hybridized carbons (Fsp3) is 0.500. The Morgan fingerprint density at radius 3 is 2.85 bits per heavy atom. The van der Waals surface area contributed by atoms with E-state index in [0.29, 0.717) is 6.42 Å². The van der Waals surface area contributed by atoms with Gasteiger partial charge in [-0.15, -0.1) is 0 Å². The van der Waals surface area contributed by atoms with E-state index >= 15 is 0 Å². The quantitative estimate of drug-likeness (QED) is 0.848. The van der Waals surface area contributed by atoms with Gasteiger partial charge in [0.15, 0.2) is 0 Å². The second kappa shape index (κ2) is 4.62. The Morgan fingerprint density at radius 2 is 2.00 bits per heavy atom. The van der Waals surface area contributed by atoms with Crippen LogP contribution in [-0.2, 0) is 11.2 Å². The highest BCUT2D eigenvalue weighted by Crippen LogP contribution is 2.34. The highest BCUT2D eigenvalue weighted by Gasteiger charge is 2.33. The minimum absolute atomic E-state index is 0.0443. The predicted octanol–water partition coefficient (Wildman–Crippen LogP) is 2.07. The summed E-state index contributed by atoms with van der Waals surface area (Å²) in [4.78, 5) is 13.9. The molecule has 4 rings (SSSR count). The zero-order valence-electron chi connectivity index (χ0n) is 11.6. The first-order chi connectivity index (χ1) is 9.81. The number of nitrogens with one attached hydrogen (secondary N) is 1. The van der Waals surface area contributed by atoms with Crippen molar-refractivity contribution in [1.29, 1.82) is 0 Å². The van der Waals surface area contributed by atoms with Crippen LogP contribution in [0.15, 0.2) is 23.3 Å². The van der Waals surface area contributed by atoms with Gasteiger partial charge in [0.1, 0.15) is 0 Å². The number of amides is 1. The van der Waals surface area contributed by atoms with Crippen molar-refractivity contribution in [1.82, 2.24) is 5.43 Å². The van der Waals surface area contributed by atoms with Crippen LogP contribution in [0.2, 0.25) is 0 Å². The number of hydrazone groups is 1. The third kappa shape index (κ3) is 1.90. The predicted molar refractivity (Wildman–Crippen MR) is 79.0 cm³/mol. The van der Waals surface area contributed by atoms with Crippen LogP contribution in [-0.4, -0.2) is 24.7 Å². The zero-order chi connectivity index (χ0) is 13.5. The van der Waals surface area contributed by atoms with Crippen LogP contribution in [0.4, 0.5) is 5.69 Å². The molecule has 1 N–H and O–H groups in total. The Labute approximate surface area is 118 Å². The first-order valence-electron chi connectivity index (χ1n) is 7.56. The average molecular weight is 269 g/mol. The maximum atomic E-state index is 11.4. The molecule has 0 aromatic heterocycles. The van der Waals surface area contributed by atoms with Crippen molar-refractivity contribution in [3.8, 4) is 0 Å².